The fourth-order valence-corrected chi connectivity index (χ4v) is 1.66. The topological polar surface area (TPSA) is 54.5 Å². The van der Waals surface area contributed by atoms with Crippen molar-refractivity contribution in [3.05, 3.63) is 41.7 Å². The molecule has 3 aromatic heterocycles. The SMILES string of the molecule is Clc1ccnc(-c2nc3ncccc3[nH]2)c1. The van der Waals surface area contributed by atoms with Gasteiger partial charge in [0.05, 0.1) is 5.52 Å². The number of hydrogen-bond donors (Lipinski definition) is 1. The molecule has 1 N–H and O–H groups in total. The Kier molecular flexibility index (Phi) is 2.08. The largest absolute Gasteiger partial charge is 0.335 e. The minimum absolute atomic E-state index is 0.637. The van der Waals surface area contributed by atoms with Crippen LogP contribution in [-0.2, 0) is 0 Å². The zero-order valence-corrected chi connectivity index (χ0v) is 8.94. The summed E-state index contributed by atoms with van der Waals surface area (Å²) >= 11 is 5.90. The maximum atomic E-state index is 5.90. The lowest BCUT2D eigenvalue weighted by Crippen LogP contribution is -1.84. The number of aromatic nitrogens is 4. The van der Waals surface area contributed by atoms with E-state index in [0.717, 1.165) is 5.52 Å². The lowest BCUT2D eigenvalue weighted by Gasteiger charge is -1.94. The van der Waals surface area contributed by atoms with Crippen LogP contribution >= 0.6 is 11.6 Å². The molecule has 0 bridgehead atoms. The van der Waals surface area contributed by atoms with E-state index in [1.54, 1.807) is 24.5 Å². The van der Waals surface area contributed by atoms with E-state index in [-0.39, 0.29) is 0 Å². The van der Waals surface area contributed by atoms with Crippen LogP contribution in [0.1, 0.15) is 0 Å². The van der Waals surface area contributed by atoms with E-state index in [4.69, 9.17) is 11.6 Å². The van der Waals surface area contributed by atoms with Gasteiger partial charge in [-0.25, -0.2) is 9.97 Å². The summed E-state index contributed by atoms with van der Waals surface area (Å²) in [5, 5.41) is 0.637. The molecular weight excluding hydrogens is 224 g/mol. The van der Waals surface area contributed by atoms with Crippen molar-refractivity contribution in [3.63, 3.8) is 0 Å². The minimum atomic E-state index is 0.637. The Morgan fingerprint density at radius 3 is 2.88 bits per heavy atom. The molecule has 0 aromatic carbocycles. The Hall–Kier alpha value is -1.94. The highest BCUT2D eigenvalue weighted by atomic mass is 35.5. The van der Waals surface area contributed by atoms with Crippen LogP contribution in [0.4, 0.5) is 0 Å². The number of H-pyrrole nitrogens is 1. The van der Waals surface area contributed by atoms with Gasteiger partial charge in [-0.3, -0.25) is 4.98 Å². The van der Waals surface area contributed by atoms with E-state index in [1.165, 1.54) is 0 Å². The van der Waals surface area contributed by atoms with Crippen LogP contribution < -0.4 is 0 Å². The van der Waals surface area contributed by atoms with Gasteiger partial charge in [-0.2, -0.15) is 0 Å². The summed E-state index contributed by atoms with van der Waals surface area (Å²) in [6.07, 6.45) is 3.36. The van der Waals surface area contributed by atoms with Crippen LogP contribution in [0.25, 0.3) is 22.7 Å². The van der Waals surface area contributed by atoms with Crippen LogP contribution in [-0.4, -0.2) is 19.9 Å². The molecule has 0 saturated heterocycles. The van der Waals surface area contributed by atoms with Crippen LogP contribution in [0.2, 0.25) is 5.02 Å². The van der Waals surface area contributed by atoms with E-state index >= 15 is 0 Å². The van der Waals surface area contributed by atoms with E-state index in [2.05, 4.69) is 19.9 Å². The van der Waals surface area contributed by atoms with E-state index in [9.17, 15) is 0 Å². The predicted octanol–water partition coefficient (Wildman–Crippen LogP) is 2.67. The Bertz CT molecular complexity index is 614. The van der Waals surface area contributed by atoms with Crippen molar-refractivity contribution < 1.29 is 0 Å². The summed E-state index contributed by atoms with van der Waals surface area (Å²) in [6, 6.07) is 7.27. The molecule has 0 radical (unpaired) electrons. The predicted molar refractivity (Wildman–Crippen MR) is 62.1 cm³/mol. The summed E-state index contributed by atoms with van der Waals surface area (Å²) in [5.74, 6) is 0.677. The maximum Gasteiger partial charge on any atom is 0.178 e. The molecule has 0 unspecified atom stereocenters. The molecule has 0 amide bonds. The second kappa shape index (κ2) is 3.57. The van der Waals surface area contributed by atoms with Crippen LogP contribution in [0.15, 0.2) is 36.7 Å². The van der Waals surface area contributed by atoms with Gasteiger partial charge in [0.25, 0.3) is 0 Å². The third kappa shape index (κ3) is 1.53. The molecular formula is C11H7ClN4. The fraction of sp³-hybridized carbons (Fsp3) is 0. The molecule has 0 aliphatic rings. The summed E-state index contributed by atoms with van der Waals surface area (Å²) in [7, 11) is 0. The number of rotatable bonds is 1. The lowest BCUT2D eigenvalue weighted by atomic mass is 10.3. The highest BCUT2D eigenvalue weighted by molar-refractivity contribution is 6.30. The van der Waals surface area contributed by atoms with Crippen molar-refractivity contribution >= 4 is 22.8 Å². The number of fused-ring (bicyclic) bond motifs is 1. The first-order chi connectivity index (χ1) is 7.83. The molecule has 4 nitrogen and oxygen atoms in total. The highest BCUT2D eigenvalue weighted by Crippen LogP contribution is 2.19. The number of nitrogens with one attached hydrogen (secondary N) is 1. The van der Waals surface area contributed by atoms with Crippen molar-refractivity contribution in [2.75, 3.05) is 0 Å². The number of hydrogen-bond acceptors (Lipinski definition) is 3. The fourth-order valence-electron chi connectivity index (χ4n) is 1.50. The van der Waals surface area contributed by atoms with Crippen LogP contribution in [0.5, 0.6) is 0 Å². The summed E-state index contributed by atoms with van der Waals surface area (Å²) in [4.78, 5) is 15.8. The second-order valence-electron chi connectivity index (χ2n) is 3.32. The Morgan fingerprint density at radius 2 is 2.06 bits per heavy atom. The van der Waals surface area contributed by atoms with Gasteiger partial charge in [0, 0.05) is 17.4 Å². The Morgan fingerprint density at radius 1 is 1.12 bits per heavy atom. The van der Waals surface area contributed by atoms with Gasteiger partial charge in [0.1, 0.15) is 5.69 Å². The smallest absolute Gasteiger partial charge is 0.178 e. The first kappa shape index (κ1) is 9.30. The normalized spacial score (nSPS) is 10.8. The van der Waals surface area contributed by atoms with Crippen molar-refractivity contribution in [1.82, 2.24) is 19.9 Å². The zero-order valence-electron chi connectivity index (χ0n) is 8.18. The monoisotopic (exact) mass is 230 g/mol. The molecule has 0 fully saturated rings. The van der Waals surface area contributed by atoms with Crippen LogP contribution in [0, 0.1) is 0 Å². The van der Waals surface area contributed by atoms with E-state index in [0.29, 0.717) is 22.2 Å². The van der Waals surface area contributed by atoms with Gasteiger partial charge in [0.15, 0.2) is 11.5 Å². The Labute approximate surface area is 96.3 Å². The first-order valence-electron chi connectivity index (χ1n) is 4.75. The summed E-state index contributed by atoms with van der Waals surface area (Å²) in [6.45, 7) is 0. The molecule has 3 heterocycles. The van der Waals surface area contributed by atoms with Gasteiger partial charge >= 0.3 is 0 Å². The highest BCUT2D eigenvalue weighted by Gasteiger charge is 2.06. The van der Waals surface area contributed by atoms with Gasteiger partial charge in [-0.05, 0) is 24.3 Å². The first-order valence-corrected chi connectivity index (χ1v) is 5.13. The Balaban J connectivity index is 2.19. The number of nitrogens with zero attached hydrogens (tertiary/aromatic N) is 3. The average Bonchev–Trinajstić information content (AvgIpc) is 2.72. The quantitative estimate of drug-likeness (QED) is 0.699. The molecule has 0 aliphatic heterocycles. The molecule has 5 heteroatoms. The maximum absolute atomic E-state index is 5.90. The van der Waals surface area contributed by atoms with Crippen molar-refractivity contribution in [2.24, 2.45) is 0 Å². The number of aromatic amines is 1. The molecule has 78 valence electrons. The molecule has 0 spiro atoms. The van der Waals surface area contributed by atoms with E-state index in [1.807, 2.05) is 12.1 Å². The summed E-state index contributed by atoms with van der Waals surface area (Å²) < 4.78 is 0. The van der Waals surface area contributed by atoms with E-state index < -0.39 is 0 Å². The standard InChI is InChI=1S/C11H7ClN4/c12-7-3-5-13-9(6-7)11-15-8-2-1-4-14-10(8)16-11/h1-6H,(H,14,15,16). The minimum Gasteiger partial charge on any atom is -0.335 e. The summed E-state index contributed by atoms with van der Waals surface area (Å²) in [5.41, 5.74) is 2.28. The molecule has 3 aromatic rings. The van der Waals surface area contributed by atoms with Crippen molar-refractivity contribution in [1.29, 1.82) is 0 Å². The van der Waals surface area contributed by atoms with Gasteiger partial charge in [-0.15, -0.1) is 0 Å². The lowest BCUT2D eigenvalue weighted by molar-refractivity contribution is 1.23. The van der Waals surface area contributed by atoms with Gasteiger partial charge in [-0.1, -0.05) is 11.6 Å². The third-order valence-corrected chi connectivity index (χ3v) is 2.46. The second-order valence-corrected chi connectivity index (χ2v) is 3.76. The molecule has 3 rings (SSSR count). The van der Waals surface area contributed by atoms with Gasteiger partial charge < -0.3 is 4.98 Å². The van der Waals surface area contributed by atoms with Crippen molar-refractivity contribution in [2.45, 2.75) is 0 Å². The molecule has 0 saturated carbocycles. The molecule has 0 aliphatic carbocycles. The molecule has 16 heavy (non-hydrogen) atoms. The number of pyridine rings is 2. The van der Waals surface area contributed by atoms with Crippen LogP contribution in [0.3, 0.4) is 0 Å². The molecule has 0 atom stereocenters. The number of halogens is 1. The van der Waals surface area contributed by atoms with Gasteiger partial charge in [0.2, 0.25) is 0 Å². The van der Waals surface area contributed by atoms with Crippen molar-refractivity contribution in [3.8, 4) is 11.5 Å². The zero-order chi connectivity index (χ0) is 11.0. The average molecular weight is 231 g/mol. The third-order valence-electron chi connectivity index (χ3n) is 2.22. The number of imidazole rings is 1.